The zero-order valence-electron chi connectivity index (χ0n) is 17.7. The number of benzene rings is 2. The lowest BCUT2D eigenvalue weighted by atomic mass is 10.1. The fourth-order valence-corrected chi connectivity index (χ4v) is 5.96. The molecule has 0 spiro atoms. The Bertz CT molecular complexity index is 1020. The third-order valence-corrected chi connectivity index (χ3v) is 7.33. The number of methoxy groups -OCH3 is 1. The maximum absolute atomic E-state index is 13.4. The van der Waals surface area contributed by atoms with Crippen LogP contribution in [0.4, 0.5) is 0 Å². The SMILES string of the molecule is COC(=O)/C=C/[C@@H]1[C@H](COCc2ccccc2)N1S(=O)(=O)c1c(C)cc(C)cc1C. The third-order valence-electron chi connectivity index (χ3n) is 5.10. The van der Waals surface area contributed by atoms with Gasteiger partial charge in [-0.15, -0.1) is 0 Å². The first kappa shape index (κ1) is 22.2. The van der Waals surface area contributed by atoms with E-state index >= 15 is 0 Å². The van der Waals surface area contributed by atoms with Crippen molar-refractivity contribution in [2.24, 2.45) is 0 Å². The van der Waals surface area contributed by atoms with Crippen molar-refractivity contribution in [3.63, 3.8) is 0 Å². The lowest BCUT2D eigenvalue weighted by Crippen LogP contribution is -2.19. The van der Waals surface area contributed by atoms with E-state index < -0.39 is 22.0 Å². The number of sulfonamides is 1. The molecule has 0 amide bonds. The average molecular weight is 430 g/mol. The zero-order chi connectivity index (χ0) is 21.9. The van der Waals surface area contributed by atoms with Gasteiger partial charge in [0.05, 0.1) is 37.3 Å². The summed E-state index contributed by atoms with van der Waals surface area (Å²) in [5.74, 6) is -0.522. The Balaban J connectivity index is 1.82. The van der Waals surface area contributed by atoms with Crippen LogP contribution in [0, 0.1) is 20.8 Å². The fourth-order valence-electron chi connectivity index (χ4n) is 3.80. The van der Waals surface area contributed by atoms with Crippen LogP contribution in [0.2, 0.25) is 0 Å². The topological polar surface area (TPSA) is 72.7 Å². The monoisotopic (exact) mass is 429 g/mol. The van der Waals surface area contributed by atoms with Crippen molar-refractivity contribution in [1.29, 1.82) is 0 Å². The lowest BCUT2D eigenvalue weighted by Gasteiger charge is -2.13. The van der Waals surface area contributed by atoms with Gasteiger partial charge in [0.1, 0.15) is 0 Å². The minimum atomic E-state index is -3.74. The van der Waals surface area contributed by atoms with Crippen LogP contribution in [0.3, 0.4) is 0 Å². The van der Waals surface area contributed by atoms with Gasteiger partial charge in [0.25, 0.3) is 0 Å². The molecule has 0 radical (unpaired) electrons. The summed E-state index contributed by atoms with van der Waals surface area (Å²) in [6.07, 6.45) is 2.83. The summed E-state index contributed by atoms with van der Waals surface area (Å²) in [5.41, 5.74) is 3.44. The first-order chi connectivity index (χ1) is 14.3. The molecule has 6 nitrogen and oxygen atoms in total. The van der Waals surface area contributed by atoms with Crippen LogP contribution < -0.4 is 0 Å². The van der Waals surface area contributed by atoms with E-state index in [9.17, 15) is 13.2 Å². The number of ether oxygens (including phenoxy) is 2. The highest BCUT2D eigenvalue weighted by atomic mass is 32.2. The van der Waals surface area contributed by atoms with Crippen molar-refractivity contribution in [3.8, 4) is 0 Å². The van der Waals surface area contributed by atoms with Gasteiger partial charge in [-0.3, -0.25) is 0 Å². The molecule has 1 aliphatic heterocycles. The second kappa shape index (κ2) is 9.12. The Morgan fingerprint density at radius 2 is 1.73 bits per heavy atom. The summed E-state index contributed by atoms with van der Waals surface area (Å²) in [7, 11) is -2.46. The Morgan fingerprint density at radius 1 is 1.10 bits per heavy atom. The van der Waals surface area contributed by atoms with Crippen molar-refractivity contribution in [3.05, 3.63) is 76.9 Å². The summed E-state index contributed by atoms with van der Waals surface area (Å²) in [6.45, 7) is 6.17. The van der Waals surface area contributed by atoms with Gasteiger partial charge in [0.2, 0.25) is 10.0 Å². The molecule has 1 aliphatic rings. The second-order valence-electron chi connectivity index (χ2n) is 7.50. The molecule has 0 aliphatic carbocycles. The third kappa shape index (κ3) is 4.80. The molecule has 1 fully saturated rings. The second-order valence-corrected chi connectivity index (χ2v) is 9.28. The molecular weight excluding hydrogens is 402 g/mol. The van der Waals surface area contributed by atoms with E-state index in [1.54, 1.807) is 19.9 Å². The first-order valence-electron chi connectivity index (χ1n) is 9.75. The molecule has 160 valence electrons. The van der Waals surface area contributed by atoms with Crippen molar-refractivity contribution in [2.45, 2.75) is 44.4 Å². The minimum Gasteiger partial charge on any atom is -0.466 e. The lowest BCUT2D eigenvalue weighted by molar-refractivity contribution is -0.134. The van der Waals surface area contributed by atoms with Crippen LogP contribution in [0.25, 0.3) is 0 Å². The predicted octanol–water partition coefficient (Wildman–Crippen LogP) is 3.30. The normalized spacial score (nSPS) is 21.0. The summed E-state index contributed by atoms with van der Waals surface area (Å²) in [4.78, 5) is 11.8. The van der Waals surface area contributed by atoms with Crippen LogP contribution in [-0.2, 0) is 30.9 Å². The molecule has 2 aromatic rings. The summed E-state index contributed by atoms with van der Waals surface area (Å²) in [5, 5.41) is 0. The molecule has 3 rings (SSSR count). The molecule has 1 heterocycles. The molecule has 0 aromatic heterocycles. The standard InChI is InChI=1S/C23H27NO5S/c1-16-12-17(2)23(18(3)13-16)30(26,27)24-20(10-11-22(25)28-4)21(24)15-29-14-19-8-6-5-7-9-19/h5-13,20-21H,14-15H2,1-4H3/b11-10+/t20-,21+,24?/m1/s1. The first-order valence-corrected chi connectivity index (χ1v) is 11.2. The minimum absolute atomic E-state index is 0.230. The van der Waals surface area contributed by atoms with E-state index in [1.807, 2.05) is 49.4 Å². The summed E-state index contributed by atoms with van der Waals surface area (Å²) in [6, 6.07) is 12.6. The van der Waals surface area contributed by atoms with Gasteiger partial charge in [-0.1, -0.05) is 54.1 Å². The number of rotatable bonds is 8. The number of esters is 1. The highest BCUT2D eigenvalue weighted by molar-refractivity contribution is 7.89. The van der Waals surface area contributed by atoms with Crippen molar-refractivity contribution >= 4 is 16.0 Å². The van der Waals surface area contributed by atoms with Crippen molar-refractivity contribution in [1.82, 2.24) is 4.31 Å². The van der Waals surface area contributed by atoms with E-state index in [2.05, 4.69) is 4.74 Å². The fraction of sp³-hybridized carbons (Fsp3) is 0.348. The predicted molar refractivity (Wildman–Crippen MR) is 115 cm³/mol. The van der Waals surface area contributed by atoms with Crippen LogP contribution in [0.15, 0.2) is 59.5 Å². The average Bonchev–Trinajstić information content (AvgIpc) is 3.39. The van der Waals surface area contributed by atoms with Crippen LogP contribution in [0.5, 0.6) is 0 Å². The number of carbonyl (C=O) groups excluding carboxylic acids is 1. The van der Waals surface area contributed by atoms with Gasteiger partial charge < -0.3 is 9.47 Å². The molecule has 3 atom stereocenters. The number of hydrogen-bond acceptors (Lipinski definition) is 5. The highest BCUT2D eigenvalue weighted by Crippen LogP contribution is 2.39. The van der Waals surface area contributed by atoms with Gasteiger partial charge in [-0.05, 0) is 37.5 Å². The molecule has 0 bridgehead atoms. The maximum atomic E-state index is 13.4. The Kier molecular flexibility index (Phi) is 6.75. The molecule has 1 saturated heterocycles. The largest absolute Gasteiger partial charge is 0.466 e. The number of carbonyl (C=O) groups is 1. The molecule has 2 aromatic carbocycles. The molecule has 0 N–H and O–H groups in total. The quantitative estimate of drug-likeness (QED) is 0.366. The highest BCUT2D eigenvalue weighted by Gasteiger charge is 2.54. The van der Waals surface area contributed by atoms with Gasteiger partial charge in [0.15, 0.2) is 0 Å². The van der Waals surface area contributed by atoms with Crippen LogP contribution >= 0.6 is 0 Å². The van der Waals surface area contributed by atoms with E-state index in [-0.39, 0.29) is 12.6 Å². The van der Waals surface area contributed by atoms with Gasteiger partial charge >= 0.3 is 5.97 Å². The molecule has 0 saturated carbocycles. The Morgan fingerprint density at radius 3 is 2.33 bits per heavy atom. The van der Waals surface area contributed by atoms with Crippen LogP contribution in [0.1, 0.15) is 22.3 Å². The summed E-state index contributed by atoms with van der Waals surface area (Å²) >= 11 is 0. The molecule has 1 unspecified atom stereocenters. The number of aryl methyl sites for hydroxylation is 3. The molecule has 30 heavy (non-hydrogen) atoms. The van der Waals surface area contributed by atoms with Gasteiger partial charge in [-0.2, -0.15) is 4.31 Å². The van der Waals surface area contributed by atoms with E-state index in [4.69, 9.17) is 4.74 Å². The summed E-state index contributed by atoms with van der Waals surface area (Å²) < 4.78 is 38.7. The smallest absolute Gasteiger partial charge is 0.330 e. The van der Waals surface area contributed by atoms with E-state index in [0.717, 1.165) is 11.1 Å². The number of nitrogens with zero attached hydrogens (tertiary/aromatic N) is 1. The van der Waals surface area contributed by atoms with E-state index in [0.29, 0.717) is 22.6 Å². The molecular formula is C23H27NO5S. The number of hydrogen-bond donors (Lipinski definition) is 0. The van der Waals surface area contributed by atoms with Gasteiger partial charge in [0, 0.05) is 6.08 Å². The zero-order valence-corrected chi connectivity index (χ0v) is 18.5. The molecule has 7 heteroatoms. The van der Waals surface area contributed by atoms with E-state index in [1.165, 1.54) is 17.5 Å². The maximum Gasteiger partial charge on any atom is 0.330 e. The van der Waals surface area contributed by atoms with Gasteiger partial charge in [-0.25, -0.2) is 13.2 Å². The van der Waals surface area contributed by atoms with Crippen LogP contribution in [-0.4, -0.2) is 44.5 Å². The Labute approximate surface area is 178 Å². The van der Waals surface area contributed by atoms with Crippen molar-refractivity contribution in [2.75, 3.05) is 13.7 Å². The Hall–Kier alpha value is -2.48. The van der Waals surface area contributed by atoms with Crippen molar-refractivity contribution < 1.29 is 22.7 Å².